The van der Waals surface area contributed by atoms with Gasteiger partial charge in [0.05, 0.1) is 12.2 Å². The predicted octanol–water partition coefficient (Wildman–Crippen LogP) is 3.18. The average molecular weight is 447 g/mol. The molecule has 4 fully saturated rings. The minimum atomic E-state index is -0.644. The molecule has 0 amide bonds. The zero-order chi connectivity index (χ0) is 23.1. The van der Waals surface area contributed by atoms with Gasteiger partial charge in [-0.05, 0) is 99.2 Å². The minimum Gasteiger partial charge on any atom is -0.387 e. The van der Waals surface area contributed by atoms with Crippen LogP contribution in [0.15, 0.2) is 5.10 Å². The van der Waals surface area contributed by atoms with Crippen molar-refractivity contribution in [3.8, 4) is 0 Å². The molecule has 0 saturated heterocycles. The van der Waals surface area contributed by atoms with Gasteiger partial charge in [-0.15, -0.1) is 0 Å². The van der Waals surface area contributed by atoms with E-state index in [0.717, 1.165) is 43.9 Å². The molecule has 0 aromatic rings. The first kappa shape index (κ1) is 24.0. The summed E-state index contributed by atoms with van der Waals surface area (Å²) < 4.78 is 5.35. The highest BCUT2D eigenvalue weighted by atomic mass is 16.5. The summed E-state index contributed by atoms with van der Waals surface area (Å²) >= 11 is 0. The largest absolute Gasteiger partial charge is 0.387 e. The fourth-order valence-corrected chi connectivity index (χ4v) is 8.71. The number of hydrogen-bond acceptors (Lipinski definition) is 5. The molecule has 0 radical (unpaired) electrons. The van der Waals surface area contributed by atoms with Crippen LogP contribution in [0.2, 0.25) is 0 Å². The topological polar surface area (TPSA) is 99.3 Å². The zero-order valence-corrected chi connectivity index (χ0v) is 20.5. The van der Waals surface area contributed by atoms with Crippen LogP contribution in [0.5, 0.6) is 0 Å². The summed E-state index contributed by atoms with van der Waals surface area (Å²) in [4.78, 5) is 13.2. The van der Waals surface area contributed by atoms with Crippen molar-refractivity contribution >= 4 is 17.7 Å². The number of quaternary nitrogens is 1. The second-order valence-electron chi connectivity index (χ2n) is 12.0. The molecule has 8 unspecified atom stereocenters. The monoisotopic (exact) mass is 446 g/mol. The predicted molar refractivity (Wildman–Crippen MR) is 126 cm³/mol. The Labute approximate surface area is 193 Å². The lowest BCUT2D eigenvalue weighted by Gasteiger charge is -2.62. The van der Waals surface area contributed by atoms with Crippen molar-refractivity contribution in [1.82, 2.24) is 0 Å². The van der Waals surface area contributed by atoms with Crippen LogP contribution in [-0.2, 0) is 9.53 Å². The van der Waals surface area contributed by atoms with Crippen LogP contribution in [-0.4, -0.2) is 48.7 Å². The molecule has 0 bridgehead atoms. The van der Waals surface area contributed by atoms with E-state index in [1.807, 2.05) is 0 Å². The second-order valence-corrected chi connectivity index (χ2v) is 12.0. The van der Waals surface area contributed by atoms with Gasteiger partial charge < -0.3 is 15.3 Å². The Kier molecular flexibility index (Phi) is 6.70. The van der Waals surface area contributed by atoms with Gasteiger partial charge in [0.1, 0.15) is 5.71 Å². The summed E-state index contributed by atoms with van der Waals surface area (Å²) in [7, 11) is 1.70. The van der Waals surface area contributed by atoms with E-state index in [1.54, 1.807) is 19.5 Å². The van der Waals surface area contributed by atoms with Gasteiger partial charge in [-0.2, -0.15) is 0 Å². The molecule has 4 saturated carbocycles. The van der Waals surface area contributed by atoms with E-state index in [2.05, 4.69) is 18.9 Å². The number of rotatable bonds is 7. The third-order valence-electron chi connectivity index (χ3n) is 10.4. The van der Waals surface area contributed by atoms with Crippen LogP contribution < -0.4 is 5.43 Å². The number of nitrogens with two attached hydrogens (primary N) is 1. The fourth-order valence-electron chi connectivity index (χ4n) is 8.71. The third kappa shape index (κ3) is 4.01. The molecule has 0 aromatic carbocycles. The highest BCUT2D eigenvalue weighted by Crippen LogP contribution is 2.68. The Morgan fingerprint density at radius 2 is 1.88 bits per heavy atom. The van der Waals surface area contributed by atoms with E-state index in [1.165, 1.54) is 31.9 Å². The second kappa shape index (κ2) is 8.92. The first-order valence-electron chi connectivity index (χ1n) is 12.8. The van der Waals surface area contributed by atoms with Crippen molar-refractivity contribution in [2.24, 2.45) is 45.5 Å². The van der Waals surface area contributed by atoms with E-state index < -0.39 is 5.60 Å². The number of Topliss-reactive ketones (excluding diaryl/α,β-unsaturated/α-hetero) is 1. The molecule has 32 heavy (non-hydrogen) atoms. The number of hydrogen-bond donors (Lipinski definition) is 3. The number of methoxy groups -OCH3 is 1. The first-order valence-corrected chi connectivity index (χ1v) is 12.8. The van der Waals surface area contributed by atoms with Crippen molar-refractivity contribution in [2.75, 3.05) is 20.3 Å². The van der Waals surface area contributed by atoms with E-state index in [9.17, 15) is 9.90 Å². The SMILES string of the molecule is COCC1(O)CCC2(C)C(CCC3C2CCC2(C)C(C(=O)C[NH2+]N=C(C)C=N)CCC32)C1. The Balaban J connectivity index is 1.46. The van der Waals surface area contributed by atoms with Gasteiger partial charge in [0.25, 0.3) is 0 Å². The molecule has 4 N–H and O–H groups in total. The Bertz CT molecular complexity index is 769. The van der Waals surface area contributed by atoms with E-state index in [4.69, 9.17) is 10.1 Å². The van der Waals surface area contributed by atoms with Crippen molar-refractivity contribution in [1.29, 1.82) is 5.41 Å². The van der Waals surface area contributed by atoms with Crippen LogP contribution in [0.3, 0.4) is 0 Å². The minimum absolute atomic E-state index is 0.126. The number of ether oxygens (including phenoxy) is 1. The lowest BCUT2D eigenvalue weighted by molar-refractivity contribution is -0.650. The molecule has 4 aliphatic carbocycles. The maximum atomic E-state index is 13.2. The molecule has 0 spiro atoms. The molecule has 0 aliphatic heterocycles. The lowest BCUT2D eigenvalue weighted by atomic mass is 9.44. The van der Waals surface area contributed by atoms with Gasteiger partial charge in [0, 0.05) is 19.2 Å². The molecule has 0 heterocycles. The maximum absolute atomic E-state index is 13.2. The standard InChI is InChI=1S/C26H43N3O3/c1-17(14-27)29-28-15-23(30)22-8-7-20-19-6-5-18-13-26(31,16-32-4)12-11-24(18,2)21(19)9-10-25(20,22)3/h14,18-22,27-28,31H,5-13,15-16H2,1-4H3/p+1. The Morgan fingerprint density at radius 1 is 1.12 bits per heavy atom. The van der Waals surface area contributed by atoms with Crippen molar-refractivity contribution in [2.45, 2.75) is 84.2 Å². The quantitative estimate of drug-likeness (QED) is 0.318. The molecule has 6 nitrogen and oxygen atoms in total. The number of nitrogens with one attached hydrogen (secondary N) is 1. The Morgan fingerprint density at radius 3 is 2.59 bits per heavy atom. The van der Waals surface area contributed by atoms with Crippen LogP contribution in [0.1, 0.15) is 78.6 Å². The summed E-state index contributed by atoms with van der Waals surface area (Å²) in [6.45, 7) is 7.56. The smallest absolute Gasteiger partial charge is 0.192 e. The number of aliphatic hydroxyl groups is 1. The van der Waals surface area contributed by atoms with Gasteiger partial charge in [-0.1, -0.05) is 18.9 Å². The molecule has 0 aromatic heterocycles. The van der Waals surface area contributed by atoms with Gasteiger partial charge in [-0.3, -0.25) is 4.79 Å². The Hall–Kier alpha value is -1.11. The van der Waals surface area contributed by atoms with Crippen LogP contribution >= 0.6 is 0 Å². The summed E-state index contributed by atoms with van der Waals surface area (Å²) in [6.07, 6.45) is 11.1. The van der Waals surface area contributed by atoms with Crippen molar-refractivity contribution in [3.05, 3.63) is 0 Å². The molecular weight excluding hydrogens is 402 g/mol. The van der Waals surface area contributed by atoms with Gasteiger partial charge in [0.15, 0.2) is 12.3 Å². The summed E-state index contributed by atoms with van der Waals surface area (Å²) in [5.74, 6) is 3.20. The van der Waals surface area contributed by atoms with E-state index >= 15 is 0 Å². The fraction of sp³-hybridized carbons (Fsp3) is 0.885. The van der Waals surface area contributed by atoms with E-state index in [0.29, 0.717) is 41.9 Å². The number of fused-ring (bicyclic) bond motifs is 5. The average Bonchev–Trinajstić information content (AvgIpc) is 3.11. The van der Waals surface area contributed by atoms with Crippen LogP contribution in [0.4, 0.5) is 0 Å². The number of carbonyl (C=O) groups is 1. The summed E-state index contributed by atoms with van der Waals surface area (Å²) in [5.41, 5.74) is 2.15. The summed E-state index contributed by atoms with van der Waals surface area (Å²) in [6, 6.07) is 0. The van der Waals surface area contributed by atoms with Crippen LogP contribution in [0, 0.1) is 45.8 Å². The number of carbonyl (C=O) groups excluding carboxylic acids is 1. The van der Waals surface area contributed by atoms with Gasteiger partial charge in [-0.25, -0.2) is 5.43 Å². The zero-order valence-electron chi connectivity index (χ0n) is 20.5. The number of ketones is 1. The van der Waals surface area contributed by atoms with Gasteiger partial charge >= 0.3 is 0 Å². The molecule has 4 aliphatic rings. The van der Waals surface area contributed by atoms with Crippen molar-refractivity contribution in [3.63, 3.8) is 0 Å². The summed E-state index contributed by atoms with van der Waals surface area (Å²) in [5, 5.41) is 22.5. The highest BCUT2D eigenvalue weighted by Gasteiger charge is 2.62. The third-order valence-corrected chi connectivity index (χ3v) is 10.4. The molecule has 6 heteroatoms. The first-order chi connectivity index (χ1) is 15.2. The molecule has 180 valence electrons. The van der Waals surface area contributed by atoms with Crippen LogP contribution in [0.25, 0.3) is 0 Å². The molecule has 4 rings (SSSR count). The lowest BCUT2D eigenvalue weighted by Crippen LogP contribution is -2.81. The molecular formula is C26H44N3O3+. The molecule has 8 atom stereocenters. The van der Waals surface area contributed by atoms with Gasteiger partial charge in [0.2, 0.25) is 0 Å². The van der Waals surface area contributed by atoms with E-state index in [-0.39, 0.29) is 11.3 Å². The number of nitrogens with zero attached hydrogens (tertiary/aromatic N) is 1. The maximum Gasteiger partial charge on any atom is 0.192 e. The normalized spacial score (nSPS) is 46.2. The highest BCUT2D eigenvalue weighted by molar-refractivity contribution is 6.27. The van der Waals surface area contributed by atoms with Crippen molar-refractivity contribution < 1.29 is 20.1 Å².